The van der Waals surface area contributed by atoms with E-state index < -0.39 is 18.1 Å². The zero-order valence-corrected chi connectivity index (χ0v) is 14.1. The standard InChI is InChI=1S/C12H22F3N3O2.2ClH/c1-18(9-12(13,14)15)5-4-17-10(19)11(8-16)2-6-20-7-3-11;;/h2-9,16H2,1H3,(H,17,19);2*1H. The van der Waals surface area contributed by atoms with Gasteiger partial charge in [-0.2, -0.15) is 13.2 Å². The molecule has 1 aliphatic rings. The molecule has 0 aromatic heterocycles. The molecule has 5 nitrogen and oxygen atoms in total. The van der Waals surface area contributed by atoms with Crippen LogP contribution < -0.4 is 11.1 Å². The van der Waals surface area contributed by atoms with Gasteiger partial charge in [0.15, 0.2) is 0 Å². The van der Waals surface area contributed by atoms with Gasteiger partial charge in [0.25, 0.3) is 0 Å². The molecule has 0 aliphatic carbocycles. The molecular weight excluding hydrogens is 346 g/mol. The summed E-state index contributed by atoms with van der Waals surface area (Å²) in [7, 11) is 1.37. The molecule has 1 aliphatic heterocycles. The predicted molar refractivity (Wildman–Crippen MR) is 82.6 cm³/mol. The average molecular weight is 370 g/mol. The summed E-state index contributed by atoms with van der Waals surface area (Å²) in [5.74, 6) is -0.191. The van der Waals surface area contributed by atoms with Crippen LogP contribution in [-0.2, 0) is 9.53 Å². The number of hydrogen-bond donors (Lipinski definition) is 2. The maximum Gasteiger partial charge on any atom is 0.401 e. The number of nitrogens with one attached hydrogen (secondary N) is 1. The van der Waals surface area contributed by atoms with Gasteiger partial charge in [0.05, 0.1) is 12.0 Å². The van der Waals surface area contributed by atoms with Crippen LogP contribution in [0.25, 0.3) is 0 Å². The number of rotatable bonds is 6. The topological polar surface area (TPSA) is 67.6 Å². The Hall–Kier alpha value is -0.280. The molecule has 0 aromatic rings. The van der Waals surface area contributed by atoms with Crippen LogP contribution in [0.5, 0.6) is 0 Å². The molecule has 1 amide bonds. The molecule has 134 valence electrons. The molecule has 0 unspecified atom stereocenters. The van der Waals surface area contributed by atoms with E-state index in [-0.39, 0.29) is 50.4 Å². The van der Waals surface area contributed by atoms with Gasteiger partial charge in [0.2, 0.25) is 5.91 Å². The van der Waals surface area contributed by atoms with E-state index in [0.717, 1.165) is 4.90 Å². The van der Waals surface area contributed by atoms with Gasteiger partial charge >= 0.3 is 6.18 Å². The minimum Gasteiger partial charge on any atom is -0.381 e. The van der Waals surface area contributed by atoms with Crippen molar-refractivity contribution in [1.82, 2.24) is 10.2 Å². The molecular formula is C12H24Cl2F3N3O2. The fourth-order valence-electron chi connectivity index (χ4n) is 2.22. The SMILES string of the molecule is CN(CCNC(=O)C1(CN)CCOCC1)CC(F)(F)F.Cl.Cl. The van der Waals surface area contributed by atoms with Gasteiger partial charge in [-0.1, -0.05) is 0 Å². The highest BCUT2D eigenvalue weighted by Crippen LogP contribution is 2.29. The van der Waals surface area contributed by atoms with E-state index in [4.69, 9.17) is 10.5 Å². The Morgan fingerprint density at radius 3 is 2.32 bits per heavy atom. The van der Waals surface area contributed by atoms with Gasteiger partial charge < -0.3 is 15.8 Å². The van der Waals surface area contributed by atoms with E-state index >= 15 is 0 Å². The normalized spacial score (nSPS) is 17.4. The van der Waals surface area contributed by atoms with Gasteiger partial charge in [-0.3, -0.25) is 9.69 Å². The Kier molecular flexibility index (Phi) is 11.4. The highest BCUT2D eigenvalue weighted by atomic mass is 35.5. The van der Waals surface area contributed by atoms with Crippen molar-refractivity contribution in [3.05, 3.63) is 0 Å². The Labute approximate surface area is 140 Å². The smallest absolute Gasteiger partial charge is 0.381 e. The van der Waals surface area contributed by atoms with Crippen LogP contribution in [0.2, 0.25) is 0 Å². The molecule has 3 N–H and O–H groups in total. The van der Waals surface area contributed by atoms with E-state index in [1.54, 1.807) is 0 Å². The third-order valence-corrected chi connectivity index (χ3v) is 3.55. The lowest BCUT2D eigenvalue weighted by Crippen LogP contribution is -2.50. The van der Waals surface area contributed by atoms with E-state index in [0.29, 0.717) is 26.1 Å². The molecule has 1 saturated heterocycles. The van der Waals surface area contributed by atoms with E-state index in [9.17, 15) is 18.0 Å². The largest absolute Gasteiger partial charge is 0.401 e. The lowest BCUT2D eigenvalue weighted by molar-refractivity contribution is -0.143. The fraction of sp³-hybridized carbons (Fsp3) is 0.917. The number of hydrogen-bond acceptors (Lipinski definition) is 4. The highest BCUT2D eigenvalue weighted by Gasteiger charge is 2.38. The van der Waals surface area contributed by atoms with Crippen molar-refractivity contribution in [3.8, 4) is 0 Å². The molecule has 0 aromatic carbocycles. The van der Waals surface area contributed by atoms with Crippen LogP contribution in [0.1, 0.15) is 12.8 Å². The lowest BCUT2D eigenvalue weighted by Gasteiger charge is -2.34. The highest BCUT2D eigenvalue weighted by molar-refractivity contribution is 5.85. The van der Waals surface area contributed by atoms with Crippen LogP contribution in [-0.4, -0.2) is 63.4 Å². The first-order valence-electron chi connectivity index (χ1n) is 6.60. The van der Waals surface area contributed by atoms with Crippen molar-refractivity contribution in [3.63, 3.8) is 0 Å². The molecule has 0 bridgehead atoms. The minimum atomic E-state index is -4.22. The third kappa shape index (κ3) is 7.82. The van der Waals surface area contributed by atoms with Gasteiger partial charge in [0, 0.05) is 32.8 Å². The van der Waals surface area contributed by atoms with Crippen molar-refractivity contribution in [2.75, 3.05) is 46.4 Å². The molecule has 1 rings (SSSR count). The van der Waals surface area contributed by atoms with Crippen molar-refractivity contribution in [2.24, 2.45) is 11.1 Å². The summed E-state index contributed by atoms with van der Waals surface area (Å²) < 4.78 is 41.6. The molecule has 0 spiro atoms. The Morgan fingerprint density at radius 1 is 1.32 bits per heavy atom. The molecule has 22 heavy (non-hydrogen) atoms. The number of nitrogens with zero attached hydrogens (tertiary/aromatic N) is 1. The Bertz CT molecular complexity index is 327. The van der Waals surface area contributed by atoms with E-state index in [1.807, 2.05) is 0 Å². The number of amides is 1. The van der Waals surface area contributed by atoms with Crippen molar-refractivity contribution in [1.29, 1.82) is 0 Å². The predicted octanol–water partition coefficient (Wildman–Crippen LogP) is 1.20. The summed E-state index contributed by atoms with van der Waals surface area (Å²) in [6, 6.07) is 0. The second kappa shape index (κ2) is 10.5. The monoisotopic (exact) mass is 369 g/mol. The Morgan fingerprint density at radius 2 is 1.86 bits per heavy atom. The molecule has 10 heteroatoms. The summed E-state index contributed by atoms with van der Waals surface area (Å²) in [4.78, 5) is 13.3. The number of nitrogens with two attached hydrogens (primary N) is 1. The number of likely N-dealkylation sites (N-methyl/N-ethyl adjacent to an activating group) is 1. The summed E-state index contributed by atoms with van der Waals surface area (Å²) in [5.41, 5.74) is 5.04. The summed E-state index contributed by atoms with van der Waals surface area (Å²) in [6.07, 6.45) is -3.13. The first-order valence-corrected chi connectivity index (χ1v) is 6.60. The summed E-state index contributed by atoms with van der Waals surface area (Å²) >= 11 is 0. The quantitative estimate of drug-likeness (QED) is 0.737. The second-order valence-corrected chi connectivity index (χ2v) is 5.21. The number of halogens is 5. The van der Waals surface area contributed by atoms with Crippen molar-refractivity contribution < 1.29 is 22.7 Å². The third-order valence-electron chi connectivity index (χ3n) is 3.55. The van der Waals surface area contributed by atoms with Crippen LogP contribution in [0, 0.1) is 5.41 Å². The molecule has 0 radical (unpaired) electrons. The number of carbonyl (C=O) groups is 1. The van der Waals surface area contributed by atoms with Gasteiger partial charge in [0.1, 0.15) is 0 Å². The van der Waals surface area contributed by atoms with Crippen LogP contribution in [0.15, 0.2) is 0 Å². The van der Waals surface area contributed by atoms with Crippen molar-refractivity contribution >= 4 is 30.7 Å². The average Bonchev–Trinajstić information content (AvgIpc) is 2.37. The van der Waals surface area contributed by atoms with E-state index in [1.165, 1.54) is 7.05 Å². The maximum atomic E-state index is 12.1. The van der Waals surface area contributed by atoms with Crippen LogP contribution in [0.3, 0.4) is 0 Å². The zero-order chi connectivity index (χ0) is 15.2. The zero-order valence-electron chi connectivity index (χ0n) is 12.4. The summed E-state index contributed by atoms with van der Waals surface area (Å²) in [5, 5.41) is 2.68. The second-order valence-electron chi connectivity index (χ2n) is 5.21. The Balaban J connectivity index is 0. The molecule has 1 fully saturated rings. The lowest BCUT2D eigenvalue weighted by atomic mass is 9.79. The van der Waals surface area contributed by atoms with Crippen molar-refractivity contribution in [2.45, 2.75) is 19.0 Å². The first-order chi connectivity index (χ1) is 9.29. The van der Waals surface area contributed by atoms with E-state index in [2.05, 4.69) is 5.32 Å². The van der Waals surface area contributed by atoms with Gasteiger partial charge in [-0.25, -0.2) is 0 Å². The maximum absolute atomic E-state index is 12.1. The number of ether oxygens (including phenoxy) is 1. The fourth-order valence-corrected chi connectivity index (χ4v) is 2.22. The molecule has 0 atom stereocenters. The van der Waals surface area contributed by atoms with Gasteiger partial charge in [-0.15, -0.1) is 24.8 Å². The molecule has 1 heterocycles. The van der Waals surface area contributed by atoms with Gasteiger partial charge in [-0.05, 0) is 19.9 Å². The van der Waals surface area contributed by atoms with Crippen LogP contribution in [0.4, 0.5) is 13.2 Å². The summed E-state index contributed by atoms with van der Waals surface area (Å²) in [6.45, 7) is 0.521. The minimum absolute atomic E-state index is 0. The van der Waals surface area contributed by atoms with Crippen LogP contribution >= 0.6 is 24.8 Å². The molecule has 0 saturated carbocycles. The number of alkyl halides is 3. The first kappa shape index (κ1) is 24.0. The number of carbonyl (C=O) groups excluding carboxylic acids is 1.